The van der Waals surface area contributed by atoms with Crippen LogP contribution < -0.4 is 5.32 Å². The average molecular weight is 326 g/mol. The molecule has 1 N–H and O–H groups in total. The van der Waals surface area contributed by atoms with Crippen molar-refractivity contribution in [2.24, 2.45) is 0 Å². The van der Waals surface area contributed by atoms with E-state index >= 15 is 0 Å². The topological polar surface area (TPSA) is 30.5 Å². The average Bonchev–Trinajstić information content (AvgIpc) is 2.57. The van der Waals surface area contributed by atoms with Crippen molar-refractivity contribution >= 4 is 0 Å². The van der Waals surface area contributed by atoms with Gasteiger partial charge in [-0.1, -0.05) is 65.0 Å². The quantitative estimate of drug-likeness (QED) is 0.260. The van der Waals surface area contributed by atoms with Crippen molar-refractivity contribution in [1.82, 2.24) is 5.32 Å². The Morgan fingerprint density at radius 2 is 1.30 bits per heavy atom. The maximum atomic E-state index is 5.58. The third-order valence-electron chi connectivity index (χ3n) is 3.83. The number of ether oxygens (including phenoxy) is 2. The zero-order valence-corrected chi connectivity index (χ0v) is 15.4. The molecule has 136 valence electrons. The van der Waals surface area contributed by atoms with Crippen molar-refractivity contribution in [2.45, 2.75) is 71.1 Å². The van der Waals surface area contributed by atoms with Crippen molar-refractivity contribution in [3.8, 4) is 0 Å². The van der Waals surface area contributed by atoms with Gasteiger partial charge < -0.3 is 14.8 Å². The Hall–Kier alpha value is -0.800. The second-order valence-corrected chi connectivity index (χ2v) is 6.06. The molecule has 0 radical (unpaired) electrons. The summed E-state index contributed by atoms with van der Waals surface area (Å²) in [6, 6.07) is 0. The van der Waals surface area contributed by atoms with E-state index in [-0.39, 0.29) is 0 Å². The Labute approximate surface area is 144 Å². The standard InChI is InChI=1S/C20H39NO2/c1-4-6-13-16-22-18-19-23-17-14-11-9-7-8-10-12-15-21-20(3)5-2/h5,21H,2-4,6-19H2,1H3. The molecule has 0 aromatic rings. The van der Waals surface area contributed by atoms with Crippen LogP contribution in [0, 0.1) is 0 Å². The Morgan fingerprint density at radius 1 is 0.783 bits per heavy atom. The zero-order valence-electron chi connectivity index (χ0n) is 15.4. The summed E-state index contributed by atoms with van der Waals surface area (Å²) in [5, 5.41) is 3.24. The van der Waals surface area contributed by atoms with E-state index in [1.54, 1.807) is 6.08 Å². The van der Waals surface area contributed by atoms with Crippen LogP contribution in [-0.4, -0.2) is 33.0 Å². The van der Waals surface area contributed by atoms with E-state index < -0.39 is 0 Å². The summed E-state index contributed by atoms with van der Waals surface area (Å²) in [4.78, 5) is 0. The van der Waals surface area contributed by atoms with Gasteiger partial charge in [0.15, 0.2) is 0 Å². The molecule has 0 bridgehead atoms. The summed E-state index contributed by atoms with van der Waals surface area (Å²) in [5.74, 6) is 0. The minimum Gasteiger partial charge on any atom is -0.386 e. The number of nitrogens with one attached hydrogen (secondary N) is 1. The molecule has 23 heavy (non-hydrogen) atoms. The van der Waals surface area contributed by atoms with Crippen molar-refractivity contribution in [1.29, 1.82) is 0 Å². The second-order valence-electron chi connectivity index (χ2n) is 6.06. The normalized spacial score (nSPS) is 10.7. The predicted octanol–water partition coefficient (Wildman–Crippen LogP) is 5.23. The van der Waals surface area contributed by atoms with Crippen LogP contribution in [0.2, 0.25) is 0 Å². The summed E-state index contributed by atoms with van der Waals surface area (Å²) in [6.45, 7) is 14.0. The largest absolute Gasteiger partial charge is 0.386 e. The highest BCUT2D eigenvalue weighted by atomic mass is 16.5. The van der Waals surface area contributed by atoms with Gasteiger partial charge in [0.05, 0.1) is 13.2 Å². The lowest BCUT2D eigenvalue weighted by Gasteiger charge is -2.06. The van der Waals surface area contributed by atoms with Crippen LogP contribution in [0.3, 0.4) is 0 Å². The molecule has 0 unspecified atom stereocenters. The molecule has 0 aromatic carbocycles. The SMILES string of the molecule is C=CC(=C)NCCCCCCCCCOCCOCCCCC. The van der Waals surface area contributed by atoms with E-state index in [9.17, 15) is 0 Å². The molecule has 0 rings (SSSR count). The van der Waals surface area contributed by atoms with E-state index in [1.807, 2.05) is 0 Å². The molecule has 0 heterocycles. The predicted molar refractivity (Wildman–Crippen MR) is 101 cm³/mol. The maximum Gasteiger partial charge on any atom is 0.0700 e. The molecule has 0 aromatic heterocycles. The van der Waals surface area contributed by atoms with Gasteiger partial charge in [0.1, 0.15) is 0 Å². The minimum absolute atomic E-state index is 0.745. The molecule has 0 atom stereocenters. The fourth-order valence-corrected chi connectivity index (χ4v) is 2.31. The molecule has 0 spiro atoms. The van der Waals surface area contributed by atoms with Gasteiger partial charge in [0, 0.05) is 25.5 Å². The van der Waals surface area contributed by atoms with Crippen molar-refractivity contribution in [2.75, 3.05) is 33.0 Å². The summed E-state index contributed by atoms with van der Waals surface area (Å²) in [7, 11) is 0. The molecule has 0 aliphatic rings. The van der Waals surface area contributed by atoms with Gasteiger partial charge in [-0.25, -0.2) is 0 Å². The zero-order chi connectivity index (χ0) is 17.0. The molecule has 3 heteroatoms. The number of hydrogen-bond donors (Lipinski definition) is 1. The first-order valence-electron chi connectivity index (χ1n) is 9.52. The van der Waals surface area contributed by atoms with Crippen LogP contribution in [0.5, 0.6) is 0 Å². The van der Waals surface area contributed by atoms with Gasteiger partial charge in [0.25, 0.3) is 0 Å². The summed E-state index contributed by atoms with van der Waals surface area (Å²) >= 11 is 0. The van der Waals surface area contributed by atoms with E-state index in [0.717, 1.165) is 38.7 Å². The van der Waals surface area contributed by atoms with Crippen molar-refractivity contribution < 1.29 is 9.47 Å². The molecule has 0 aliphatic heterocycles. The highest BCUT2D eigenvalue weighted by Gasteiger charge is 1.94. The molecule has 0 amide bonds. The van der Waals surface area contributed by atoms with Crippen molar-refractivity contribution in [3.63, 3.8) is 0 Å². The molecule has 0 fully saturated rings. The monoisotopic (exact) mass is 325 g/mol. The third-order valence-corrected chi connectivity index (χ3v) is 3.83. The van der Waals surface area contributed by atoms with Crippen LogP contribution >= 0.6 is 0 Å². The smallest absolute Gasteiger partial charge is 0.0700 e. The number of rotatable bonds is 19. The maximum absolute atomic E-state index is 5.58. The minimum atomic E-state index is 0.745. The highest BCUT2D eigenvalue weighted by molar-refractivity contribution is 5.07. The highest BCUT2D eigenvalue weighted by Crippen LogP contribution is 2.07. The Morgan fingerprint density at radius 3 is 1.87 bits per heavy atom. The van der Waals surface area contributed by atoms with Gasteiger partial charge in [-0.15, -0.1) is 0 Å². The van der Waals surface area contributed by atoms with Crippen LogP contribution in [0.25, 0.3) is 0 Å². The van der Waals surface area contributed by atoms with Crippen LogP contribution in [0.4, 0.5) is 0 Å². The van der Waals surface area contributed by atoms with Crippen LogP contribution in [0.1, 0.15) is 71.1 Å². The molecular weight excluding hydrogens is 286 g/mol. The first kappa shape index (κ1) is 22.2. The van der Waals surface area contributed by atoms with Crippen molar-refractivity contribution in [3.05, 3.63) is 24.9 Å². The third kappa shape index (κ3) is 19.2. The van der Waals surface area contributed by atoms with Crippen LogP contribution in [-0.2, 0) is 9.47 Å². The summed E-state index contributed by atoms with van der Waals surface area (Å²) in [5.41, 5.74) is 0.927. The summed E-state index contributed by atoms with van der Waals surface area (Å²) in [6.07, 6.45) is 14.4. The first-order chi connectivity index (χ1) is 11.3. The second kappa shape index (κ2) is 19.2. The fourth-order valence-electron chi connectivity index (χ4n) is 2.31. The van der Waals surface area contributed by atoms with Gasteiger partial charge in [-0.05, 0) is 25.3 Å². The van der Waals surface area contributed by atoms with Gasteiger partial charge >= 0.3 is 0 Å². The molecular formula is C20H39NO2. The van der Waals surface area contributed by atoms with Gasteiger partial charge in [0.2, 0.25) is 0 Å². The number of hydrogen-bond acceptors (Lipinski definition) is 3. The Balaban J connectivity index is 3.00. The van der Waals surface area contributed by atoms with E-state index in [0.29, 0.717) is 0 Å². The van der Waals surface area contributed by atoms with E-state index in [4.69, 9.17) is 9.47 Å². The Kier molecular flexibility index (Phi) is 18.6. The molecule has 3 nitrogen and oxygen atoms in total. The molecule has 0 aliphatic carbocycles. The lowest BCUT2D eigenvalue weighted by atomic mass is 10.1. The van der Waals surface area contributed by atoms with E-state index in [1.165, 1.54) is 64.2 Å². The number of unbranched alkanes of at least 4 members (excludes halogenated alkanes) is 8. The first-order valence-corrected chi connectivity index (χ1v) is 9.52. The van der Waals surface area contributed by atoms with Gasteiger partial charge in [-0.2, -0.15) is 0 Å². The Bertz CT molecular complexity index is 266. The molecule has 0 saturated heterocycles. The lowest BCUT2D eigenvalue weighted by Crippen LogP contribution is -2.11. The lowest BCUT2D eigenvalue weighted by molar-refractivity contribution is 0.0449. The number of allylic oxidation sites excluding steroid dienone is 1. The fraction of sp³-hybridized carbons (Fsp3) is 0.800. The van der Waals surface area contributed by atoms with E-state index in [2.05, 4.69) is 25.4 Å². The summed E-state index contributed by atoms with van der Waals surface area (Å²) < 4.78 is 11.1. The van der Waals surface area contributed by atoms with Gasteiger partial charge in [-0.3, -0.25) is 0 Å². The molecule has 0 saturated carbocycles. The van der Waals surface area contributed by atoms with Crippen LogP contribution in [0.15, 0.2) is 24.9 Å².